The minimum Gasteiger partial charge on any atom is -0.352 e. The van der Waals surface area contributed by atoms with E-state index in [1.165, 1.54) is 25.7 Å². The summed E-state index contributed by atoms with van der Waals surface area (Å²) in [4.78, 5) is 12.0. The Morgan fingerprint density at radius 3 is 2.89 bits per heavy atom. The Hall–Kier alpha value is -1.31. The fraction of sp³-hybridized carbons (Fsp3) is 0.562. The molecule has 2 aliphatic rings. The molecule has 3 atom stereocenters. The molecule has 0 aliphatic heterocycles. The first kappa shape index (κ1) is 11.8. The highest BCUT2D eigenvalue weighted by atomic mass is 16.1. The normalized spacial score (nSPS) is 29.5. The molecule has 0 heterocycles. The Labute approximate surface area is 109 Å². The maximum Gasteiger partial charge on any atom is 0.251 e. The van der Waals surface area contributed by atoms with Crippen molar-refractivity contribution in [2.45, 2.75) is 32.6 Å². The van der Waals surface area contributed by atoms with Gasteiger partial charge in [-0.3, -0.25) is 4.79 Å². The third kappa shape index (κ3) is 2.29. The van der Waals surface area contributed by atoms with Crippen LogP contribution in [-0.4, -0.2) is 12.5 Å². The first-order chi connectivity index (χ1) is 8.72. The van der Waals surface area contributed by atoms with Gasteiger partial charge in [-0.05, 0) is 56.1 Å². The van der Waals surface area contributed by atoms with Crippen molar-refractivity contribution in [1.82, 2.24) is 5.32 Å². The van der Waals surface area contributed by atoms with Crippen molar-refractivity contribution in [2.24, 2.45) is 17.8 Å². The van der Waals surface area contributed by atoms with Crippen LogP contribution in [-0.2, 0) is 0 Å². The van der Waals surface area contributed by atoms with Gasteiger partial charge >= 0.3 is 0 Å². The lowest BCUT2D eigenvalue weighted by atomic mass is 9.89. The van der Waals surface area contributed by atoms with Crippen LogP contribution in [0.2, 0.25) is 0 Å². The van der Waals surface area contributed by atoms with Gasteiger partial charge in [0.2, 0.25) is 0 Å². The lowest BCUT2D eigenvalue weighted by molar-refractivity contribution is 0.0941. The Balaban J connectivity index is 1.56. The number of nitrogens with one attached hydrogen (secondary N) is 1. The molecule has 2 fully saturated rings. The predicted octanol–water partition coefficient (Wildman–Crippen LogP) is 3.16. The first-order valence-corrected chi connectivity index (χ1v) is 7.07. The van der Waals surface area contributed by atoms with E-state index in [1.807, 2.05) is 31.2 Å². The van der Waals surface area contributed by atoms with E-state index in [9.17, 15) is 4.79 Å². The zero-order chi connectivity index (χ0) is 12.5. The molecule has 18 heavy (non-hydrogen) atoms. The van der Waals surface area contributed by atoms with Crippen LogP contribution in [0.5, 0.6) is 0 Å². The molecule has 2 nitrogen and oxygen atoms in total. The summed E-state index contributed by atoms with van der Waals surface area (Å²) in [6, 6.07) is 7.81. The summed E-state index contributed by atoms with van der Waals surface area (Å²) in [7, 11) is 0. The van der Waals surface area contributed by atoms with Crippen molar-refractivity contribution < 1.29 is 4.79 Å². The summed E-state index contributed by atoms with van der Waals surface area (Å²) in [6.07, 6.45) is 5.55. The molecule has 96 valence electrons. The molecule has 0 saturated heterocycles. The third-order valence-electron chi connectivity index (χ3n) is 4.69. The van der Waals surface area contributed by atoms with E-state index in [4.69, 9.17) is 0 Å². The lowest BCUT2D eigenvalue weighted by Gasteiger charge is -2.21. The van der Waals surface area contributed by atoms with Crippen molar-refractivity contribution in [2.75, 3.05) is 6.54 Å². The summed E-state index contributed by atoms with van der Waals surface area (Å²) in [5, 5.41) is 3.11. The van der Waals surface area contributed by atoms with Crippen LogP contribution in [0.1, 0.15) is 41.6 Å². The Bertz CT molecular complexity index is 454. The van der Waals surface area contributed by atoms with Crippen molar-refractivity contribution >= 4 is 5.91 Å². The second-order valence-corrected chi connectivity index (χ2v) is 6.01. The molecule has 2 saturated carbocycles. The first-order valence-electron chi connectivity index (χ1n) is 7.07. The van der Waals surface area contributed by atoms with Crippen LogP contribution >= 0.6 is 0 Å². The second kappa shape index (κ2) is 4.75. The average Bonchev–Trinajstić information content (AvgIpc) is 2.98. The van der Waals surface area contributed by atoms with Crippen molar-refractivity contribution in [1.29, 1.82) is 0 Å². The van der Waals surface area contributed by atoms with Gasteiger partial charge in [0.15, 0.2) is 0 Å². The Morgan fingerprint density at radius 2 is 2.22 bits per heavy atom. The fourth-order valence-corrected chi connectivity index (χ4v) is 3.74. The van der Waals surface area contributed by atoms with Gasteiger partial charge < -0.3 is 5.32 Å². The molecule has 3 rings (SSSR count). The summed E-state index contributed by atoms with van der Waals surface area (Å²) in [5.74, 6) is 2.66. The number of fused-ring (bicyclic) bond motifs is 2. The molecule has 1 amide bonds. The summed E-state index contributed by atoms with van der Waals surface area (Å²) >= 11 is 0. The molecule has 2 aliphatic carbocycles. The zero-order valence-corrected chi connectivity index (χ0v) is 11.0. The van der Waals surface area contributed by atoms with Crippen molar-refractivity contribution in [3.05, 3.63) is 35.4 Å². The van der Waals surface area contributed by atoms with E-state index >= 15 is 0 Å². The van der Waals surface area contributed by atoms with Gasteiger partial charge in [-0.1, -0.05) is 24.1 Å². The fourth-order valence-electron chi connectivity index (χ4n) is 3.74. The molecule has 1 N–H and O–H groups in total. The largest absolute Gasteiger partial charge is 0.352 e. The number of aryl methyl sites for hydroxylation is 1. The van der Waals surface area contributed by atoms with Crippen molar-refractivity contribution in [3.8, 4) is 0 Å². The molecule has 0 unspecified atom stereocenters. The second-order valence-electron chi connectivity index (χ2n) is 6.01. The SMILES string of the molecule is Cc1cccc(C(=O)NC[C@H]2C[C@H]3CC[C@@H]2C3)c1. The highest BCUT2D eigenvalue weighted by Gasteiger charge is 2.39. The molecule has 0 radical (unpaired) electrons. The maximum absolute atomic E-state index is 12.0. The van der Waals surface area contributed by atoms with E-state index in [-0.39, 0.29) is 5.91 Å². The Morgan fingerprint density at radius 1 is 1.33 bits per heavy atom. The minimum atomic E-state index is 0.0847. The predicted molar refractivity (Wildman–Crippen MR) is 72.5 cm³/mol. The van der Waals surface area contributed by atoms with E-state index in [1.54, 1.807) is 0 Å². The molecule has 0 spiro atoms. The number of hydrogen-bond acceptors (Lipinski definition) is 1. The maximum atomic E-state index is 12.0. The molecular weight excluding hydrogens is 222 g/mol. The van der Waals surface area contributed by atoms with Gasteiger partial charge in [0.1, 0.15) is 0 Å². The Kier molecular flexibility index (Phi) is 3.11. The molecule has 1 aromatic rings. The van der Waals surface area contributed by atoms with E-state index in [0.717, 1.165) is 35.4 Å². The molecular formula is C16H21NO. The molecule has 2 bridgehead atoms. The lowest BCUT2D eigenvalue weighted by Crippen LogP contribution is -2.31. The highest BCUT2D eigenvalue weighted by molar-refractivity contribution is 5.94. The molecule has 0 aromatic heterocycles. The van der Waals surface area contributed by atoms with Gasteiger partial charge in [-0.2, -0.15) is 0 Å². The van der Waals surface area contributed by atoms with Gasteiger partial charge in [0, 0.05) is 12.1 Å². The van der Waals surface area contributed by atoms with Gasteiger partial charge in [0.25, 0.3) is 5.91 Å². The third-order valence-corrected chi connectivity index (χ3v) is 4.69. The number of carbonyl (C=O) groups is 1. The average molecular weight is 243 g/mol. The summed E-state index contributed by atoms with van der Waals surface area (Å²) < 4.78 is 0. The van der Waals surface area contributed by atoms with Crippen molar-refractivity contribution in [3.63, 3.8) is 0 Å². The minimum absolute atomic E-state index is 0.0847. The number of benzene rings is 1. The summed E-state index contributed by atoms with van der Waals surface area (Å²) in [6.45, 7) is 2.89. The van der Waals surface area contributed by atoms with E-state index < -0.39 is 0 Å². The number of hydrogen-bond donors (Lipinski definition) is 1. The van der Waals surface area contributed by atoms with Gasteiger partial charge in [-0.15, -0.1) is 0 Å². The standard InChI is InChI=1S/C16H21NO/c1-11-3-2-4-14(7-11)16(18)17-10-15-9-12-5-6-13(15)8-12/h2-4,7,12-13,15H,5-6,8-10H2,1H3,(H,17,18)/t12-,13+,15+/m0/s1. The van der Waals surface area contributed by atoms with Crippen LogP contribution in [0.15, 0.2) is 24.3 Å². The van der Waals surface area contributed by atoms with E-state index in [2.05, 4.69) is 5.32 Å². The zero-order valence-electron chi connectivity index (χ0n) is 11.0. The highest BCUT2D eigenvalue weighted by Crippen LogP contribution is 2.47. The number of carbonyl (C=O) groups excluding carboxylic acids is 1. The van der Waals surface area contributed by atoms with Gasteiger partial charge in [0.05, 0.1) is 0 Å². The summed E-state index contributed by atoms with van der Waals surface area (Å²) in [5.41, 5.74) is 1.93. The molecule has 1 aromatic carbocycles. The van der Waals surface area contributed by atoms with Crippen LogP contribution in [0.3, 0.4) is 0 Å². The smallest absolute Gasteiger partial charge is 0.251 e. The number of rotatable bonds is 3. The molecule has 2 heteroatoms. The van der Waals surface area contributed by atoms with Crippen LogP contribution in [0, 0.1) is 24.7 Å². The van der Waals surface area contributed by atoms with Gasteiger partial charge in [-0.25, -0.2) is 0 Å². The van der Waals surface area contributed by atoms with Crippen LogP contribution in [0.25, 0.3) is 0 Å². The van der Waals surface area contributed by atoms with Crippen LogP contribution < -0.4 is 5.32 Å². The quantitative estimate of drug-likeness (QED) is 0.868. The van der Waals surface area contributed by atoms with Crippen LogP contribution in [0.4, 0.5) is 0 Å². The van der Waals surface area contributed by atoms with E-state index in [0.29, 0.717) is 0 Å². The monoisotopic (exact) mass is 243 g/mol. The topological polar surface area (TPSA) is 29.1 Å². The number of amides is 1.